The standard InChI is InChI=1S/C23H36N2O7/c1-23(2,3)32-22(28)25(4)19(16-11-13-17(30-6)14-12-16)20(26)24-18(21(27)31-7)10-8-9-15-29-5/h11-14,18-19H,8-10,15H2,1-7H3,(H,24,26)/t18-,19-/m0/s1. The summed E-state index contributed by atoms with van der Waals surface area (Å²) < 4.78 is 20.5. The average Bonchev–Trinajstić information content (AvgIpc) is 2.74. The molecule has 0 heterocycles. The molecule has 0 unspecified atom stereocenters. The van der Waals surface area contributed by atoms with E-state index in [1.54, 1.807) is 52.1 Å². The van der Waals surface area contributed by atoms with E-state index in [0.29, 0.717) is 30.8 Å². The fourth-order valence-electron chi connectivity index (χ4n) is 3.01. The van der Waals surface area contributed by atoms with Gasteiger partial charge in [0.25, 0.3) is 0 Å². The number of unbranched alkanes of at least 4 members (excludes halogenated alkanes) is 1. The number of rotatable bonds is 11. The molecule has 0 spiro atoms. The van der Waals surface area contributed by atoms with Gasteiger partial charge in [0.2, 0.25) is 5.91 Å². The van der Waals surface area contributed by atoms with Gasteiger partial charge in [-0.05, 0) is 57.7 Å². The van der Waals surface area contributed by atoms with Gasteiger partial charge in [-0.25, -0.2) is 9.59 Å². The summed E-state index contributed by atoms with van der Waals surface area (Å²) in [6.07, 6.45) is 1.11. The summed E-state index contributed by atoms with van der Waals surface area (Å²) in [5, 5.41) is 2.74. The Morgan fingerprint density at radius 3 is 2.16 bits per heavy atom. The maximum Gasteiger partial charge on any atom is 0.410 e. The number of ether oxygens (including phenoxy) is 4. The van der Waals surface area contributed by atoms with Crippen molar-refractivity contribution < 1.29 is 33.3 Å². The van der Waals surface area contributed by atoms with Gasteiger partial charge in [-0.1, -0.05) is 12.1 Å². The lowest BCUT2D eigenvalue weighted by atomic mass is 10.0. The van der Waals surface area contributed by atoms with Crippen molar-refractivity contribution in [1.29, 1.82) is 0 Å². The third-order valence-corrected chi connectivity index (χ3v) is 4.64. The summed E-state index contributed by atoms with van der Waals surface area (Å²) in [6.45, 7) is 5.79. The minimum absolute atomic E-state index is 0.382. The van der Waals surface area contributed by atoms with E-state index in [2.05, 4.69) is 5.32 Å². The van der Waals surface area contributed by atoms with Gasteiger partial charge in [-0.3, -0.25) is 9.69 Å². The van der Waals surface area contributed by atoms with E-state index in [-0.39, 0.29) is 0 Å². The molecule has 0 aliphatic heterocycles. The third kappa shape index (κ3) is 8.74. The number of esters is 1. The molecule has 0 bridgehead atoms. The van der Waals surface area contributed by atoms with Crippen molar-refractivity contribution in [3.05, 3.63) is 29.8 Å². The first-order chi connectivity index (χ1) is 15.0. The van der Waals surface area contributed by atoms with Gasteiger partial charge < -0.3 is 24.3 Å². The Kier molecular flexibility index (Phi) is 11.0. The largest absolute Gasteiger partial charge is 0.497 e. The van der Waals surface area contributed by atoms with Crippen LogP contribution in [0, 0.1) is 0 Å². The highest BCUT2D eigenvalue weighted by atomic mass is 16.6. The smallest absolute Gasteiger partial charge is 0.410 e. The number of benzene rings is 1. The zero-order valence-electron chi connectivity index (χ0n) is 20.1. The van der Waals surface area contributed by atoms with Crippen LogP contribution in [0.5, 0.6) is 5.75 Å². The second kappa shape index (κ2) is 12.9. The summed E-state index contributed by atoms with van der Waals surface area (Å²) in [5.74, 6) is -0.465. The van der Waals surface area contributed by atoms with E-state index >= 15 is 0 Å². The third-order valence-electron chi connectivity index (χ3n) is 4.64. The van der Waals surface area contributed by atoms with Crippen LogP contribution in [-0.2, 0) is 23.8 Å². The van der Waals surface area contributed by atoms with Crippen LogP contribution in [0.3, 0.4) is 0 Å². The predicted molar refractivity (Wildman–Crippen MR) is 119 cm³/mol. The van der Waals surface area contributed by atoms with Crippen molar-refractivity contribution in [2.45, 2.75) is 57.7 Å². The van der Waals surface area contributed by atoms with Gasteiger partial charge >= 0.3 is 12.1 Å². The van der Waals surface area contributed by atoms with Gasteiger partial charge in [0.05, 0.1) is 14.2 Å². The number of nitrogens with zero attached hydrogens (tertiary/aromatic N) is 1. The van der Waals surface area contributed by atoms with Crippen molar-refractivity contribution in [1.82, 2.24) is 10.2 Å². The molecule has 2 amide bonds. The van der Waals surface area contributed by atoms with Crippen LogP contribution >= 0.6 is 0 Å². The molecule has 0 aliphatic carbocycles. The molecule has 180 valence electrons. The highest BCUT2D eigenvalue weighted by molar-refractivity contribution is 5.90. The topological polar surface area (TPSA) is 103 Å². The molecular formula is C23H36N2O7. The SMILES string of the molecule is COCCCC[C@H](NC(=O)[C@H](c1ccc(OC)cc1)N(C)C(=O)OC(C)(C)C)C(=O)OC. The van der Waals surface area contributed by atoms with Crippen LogP contribution in [0.1, 0.15) is 51.6 Å². The fourth-order valence-corrected chi connectivity index (χ4v) is 3.01. The number of hydrogen-bond acceptors (Lipinski definition) is 7. The maximum absolute atomic E-state index is 13.3. The zero-order chi connectivity index (χ0) is 24.3. The minimum atomic E-state index is -1.03. The average molecular weight is 453 g/mol. The molecule has 0 saturated carbocycles. The van der Waals surface area contributed by atoms with Crippen molar-refractivity contribution in [2.24, 2.45) is 0 Å². The van der Waals surface area contributed by atoms with Gasteiger partial charge in [0, 0.05) is 20.8 Å². The molecule has 0 saturated heterocycles. The Bertz CT molecular complexity index is 744. The molecule has 0 aliphatic rings. The van der Waals surface area contributed by atoms with E-state index in [1.165, 1.54) is 26.2 Å². The van der Waals surface area contributed by atoms with Gasteiger partial charge in [-0.15, -0.1) is 0 Å². The molecular weight excluding hydrogens is 416 g/mol. The zero-order valence-corrected chi connectivity index (χ0v) is 20.1. The summed E-state index contributed by atoms with van der Waals surface area (Å²) in [4.78, 5) is 39.5. The van der Waals surface area contributed by atoms with Crippen LogP contribution < -0.4 is 10.1 Å². The lowest BCUT2D eigenvalue weighted by molar-refractivity contribution is -0.146. The van der Waals surface area contributed by atoms with E-state index in [0.717, 1.165) is 6.42 Å². The van der Waals surface area contributed by atoms with E-state index in [9.17, 15) is 14.4 Å². The second-order valence-corrected chi connectivity index (χ2v) is 8.34. The highest BCUT2D eigenvalue weighted by Crippen LogP contribution is 2.25. The normalized spacial score (nSPS) is 13.0. The van der Waals surface area contributed by atoms with Crippen LogP contribution in [0.15, 0.2) is 24.3 Å². The van der Waals surface area contributed by atoms with Crippen LogP contribution in [0.4, 0.5) is 4.79 Å². The molecule has 1 N–H and O–H groups in total. The Morgan fingerprint density at radius 2 is 1.66 bits per heavy atom. The molecule has 1 aromatic carbocycles. The Morgan fingerprint density at radius 1 is 1.03 bits per heavy atom. The minimum Gasteiger partial charge on any atom is -0.497 e. The van der Waals surface area contributed by atoms with E-state index in [1.807, 2.05) is 0 Å². The maximum atomic E-state index is 13.3. The number of likely N-dealkylation sites (N-methyl/N-ethyl adjacent to an activating group) is 1. The quantitative estimate of drug-likeness (QED) is 0.406. The number of carbonyl (C=O) groups excluding carboxylic acids is 3. The number of methoxy groups -OCH3 is 3. The van der Waals surface area contributed by atoms with Gasteiger partial charge in [0.1, 0.15) is 23.4 Å². The number of carbonyl (C=O) groups is 3. The molecule has 1 aromatic rings. The van der Waals surface area contributed by atoms with Crippen LogP contribution in [0.2, 0.25) is 0 Å². The molecule has 0 aromatic heterocycles. The second-order valence-electron chi connectivity index (χ2n) is 8.34. The lowest BCUT2D eigenvalue weighted by Gasteiger charge is -2.31. The van der Waals surface area contributed by atoms with Crippen molar-refractivity contribution >= 4 is 18.0 Å². The first-order valence-corrected chi connectivity index (χ1v) is 10.5. The van der Waals surface area contributed by atoms with Crippen molar-refractivity contribution in [3.63, 3.8) is 0 Å². The Hall–Kier alpha value is -2.81. The lowest BCUT2D eigenvalue weighted by Crippen LogP contribution is -2.48. The number of nitrogens with one attached hydrogen (secondary N) is 1. The van der Waals surface area contributed by atoms with Crippen LogP contribution in [0.25, 0.3) is 0 Å². The Balaban J connectivity index is 3.15. The summed E-state index contributed by atoms with van der Waals surface area (Å²) in [6, 6.07) is 4.90. The summed E-state index contributed by atoms with van der Waals surface area (Å²) in [5.41, 5.74) is -0.193. The summed E-state index contributed by atoms with van der Waals surface area (Å²) in [7, 11) is 5.89. The predicted octanol–water partition coefficient (Wildman–Crippen LogP) is 3.08. The number of amides is 2. The molecule has 0 radical (unpaired) electrons. The molecule has 1 rings (SSSR count). The van der Waals surface area contributed by atoms with Crippen molar-refractivity contribution in [2.75, 3.05) is 35.0 Å². The van der Waals surface area contributed by atoms with Gasteiger partial charge in [0.15, 0.2) is 0 Å². The summed E-state index contributed by atoms with van der Waals surface area (Å²) >= 11 is 0. The number of hydrogen-bond donors (Lipinski definition) is 1. The molecule has 9 nitrogen and oxygen atoms in total. The van der Waals surface area contributed by atoms with E-state index < -0.39 is 35.7 Å². The van der Waals surface area contributed by atoms with E-state index in [4.69, 9.17) is 18.9 Å². The first kappa shape index (κ1) is 27.2. The van der Waals surface area contributed by atoms with Gasteiger partial charge in [-0.2, -0.15) is 0 Å². The molecule has 2 atom stereocenters. The van der Waals surface area contributed by atoms with Crippen LogP contribution in [-0.4, -0.2) is 69.5 Å². The first-order valence-electron chi connectivity index (χ1n) is 10.5. The van der Waals surface area contributed by atoms with Crippen molar-refractivity contribution in [3.8, 4) is 5.75 Å². The highest BCUT2D eigenvalue weighted by Gasteiger charge is 2.34. The molecule has 32 heavy (non-hydrogen) atoms. The Labute approximate surface area is 190 Å². The fraction of sp³-hybridized carbons (Fsp3) is 0.609. The molecule has 9 heteroatoms. The monoisotopic (exact) mass is 452 g/mol. The molecule has 0 fully saturated rings.